The lowest BCUT2D eigenvalue weighted by atomic mass is 10.2. The molecule has 0 rings (SSSR count). The molecule has 2 unspecified atom stereocenters. The molecular formula is C4H6O12S2. The van der Waals surface area contributed by atoms with Gasteiger partial charge < -0.3 is 10.2 Å². The van der Waals surface area contributed by atoms with E-state index >= 15 is 0 Å². The van der Waals surface area contributed by atoms with Crippen molar-refractivity contribution in [2.24, 2.45) is 0 Å². The molecule has 0 saturated heterocycles. The highest BCUT2D eigenvalue weighted by atomic mass is 32.3. The molecule has 0 aliphatic carbocycles. The molecule has 0 aliphatic rings. The molecule has 0 aromatic carbocycles. The minimum absolute atomic E-state index is 2.27. The Hall–Kier alpha value is -1.32. The Morgan fingerprint density at radius 2 is 1.00 bits per heavy atom. The molecule has 0 amide bonds. The fourth-order valence-corrected chi connectivity index (χ4v) is 1.59. The van der Waals surface area contributed by atoms with Crippen molar-refractivity contribution < 1.29 is 54.1 Å². The van der Waals surface area contributed by atoms with E-state index in [0.717, 1.165) is 0 Å². The van der Waals surface area contributed by atoms with Crippen LogP contribution in [-0.4, -0.2) is 60.3 Å². The molecule has 0 aromatic rings. The first kappa shape index (κ1) is 16.7. The Morgan fingerprint density at radius 1 is 0.778 bits per heavy atom. The summed E-state index contributed by atoms with van der Waals surface area (Å²) in [6.45, 7) is 0. The van der Waals surface area contributed by atoms with Crippen LogP contribution in [0.4, 0.5) is 0 Å². The minimum Gasteiger partial charge on any atom is -0.479 e. The second-order valence-corrected chi connectivity index (χ2v) is 4.66. The normalized spacial score (nSPS) is 15.9. The molecule has 12 nitrogen and oxygen atoms in total. The summed E-state index contributed by atoms with van der Waals surface area (Å²) >= 11 is 0. The van der Waals surface area contributed by atoms with Gasteiger partial charge in [0.2, 0.25) is 12.2 Å². The molecule has 0 aromatic heterocycles. The fraction of sp³-hybridized carbons (Fsp3) is 0.500. The number of carbonyl (C=O) groups is 2. The predicted octanol–water partition coefficient (Wildman–Crippen LogP) is -2.47. The molecule has 0 aliphatic heterocycles. The molecule has 0 fully saturated rings. The van der Waals surface area contributed by atoms with Crippen LogP contribution in [-0.2, 0) is 38.8 Å². The van der Waals surface area contributed by atoms with Gasteiger partial charge in [-0.25, -0.2) is 18.0 Å². The van der Waals surface area contributed by atoms with Crippen LogP contribution < -0.4 is 0 Å². The Labute approximate surface area is 99.6 Å². The molecule has 18 heavy (non-hydrogen) atoms. The van der Waals surface area contributed by atoms with Crippen molar-refractivity contribution in [1.82, 2.24) is 0 Å². The van der Waals surface area contributed by atoms with Crippen molar-refractivity contribution in [2.45, 2.75) is 12.2 Å². The SMILES string of the molecule is O=C(O)C(OS(=O)(=O)O)C(OS(=O)(=O)O)C(=O)O. The summed E-state index contributed by atoms with van der Waals surface area (Å²) in [4.78, 5) is 21.0. The summed E-state index contributed by atoms with van der Waals surface area (Å²) in [6.07, 6.45) is -5.86. The molecule has 2 atom stereocenters. The van der Waals surface area contributed by atoms with Crippen LogP contribution in [0.25, 0.3) is 0 Å². The van der Waals surface area contributed by atoms with Crippen LogP contribution in [0.3, 0.4) is 0 Å². The van der Waals surface area contributed by atoms with Gasteiger partial charge in [0.1, 0.15) is 0 Å². The van der Waals surface area contributed by atoms with Gasteiger partial charge in [-0.1, -0.05) is 0 Å². The summed E-state index contributed by atoms with van der Waals surface area (Å²) in [5.41, 5.74) is 0. The van der Waals surface area contributed by atoms with Crippen LogP contribution in [0.1, 0.15) is 0 Å². The monoisotopic (exact) mass is 310 g/mol. The smallest absolute Gasteiger partial charge is 0.398 e. The lowest BCUT2D eigenvalue weighted by Crippen LogP contribution is -2.45. The molecule has 0 bridgehead atoms. The highest BCUT2D eigenvalue weighted by Crippen LogP contribution is 2.11. The topological polar surface area (TPSA) is 202 Å². The molecule has 0 spiro atoms. The van der Waals surface area contributed by atoms with Crippen LogP contribution in [0.15, 0.2) is 0 Å². The van der Waals surface area contributed by atoms with E-state index in [-0.39, 0.29) is 0 Å². The standard InChI is InChI=1S/C4H6O12S2/c5-3(6)1(15-17(9,10)11)2(4(7)8)16-18(12,13)14/h1-2H,(H,5,6)(H,7,8)(H,9,10,11)(H,12,13,14). The first-order valence-electron chi connectivity index (χ1n) is 3.60. The highest BCUT2D eigenvalue weighted by Gasteiger charge is 2.42. The Balaban J connectivity index is 5.39. The van der Waals surface area contributed by atoms with Gasteiger partial charge in [0.25, 0.3) is 0 Å². The first-order valence-corrected chi connectivity index (χ1v) is 6.33. The van der Waals surface area contributed by atoms with E-state index in [1.54, 1.807) is 0 Å². The predicted molar refractivity (Wildman–Crippen MR) is 48.1 cm³/mol. The zero-order valence-corrected chi connectivity index (χ0v) is 9.66. The van der Waals surface area contributed by atoms with Gasteiger partial charge in [-0.3, -0.25) is 9.11 Å². The van der Waals surface area contributed by atoms with Crippen molar-refractivity contribution in [3.63, 3.8) is 0 Å². The summed E-state index contributed by atoms with van der Waals surface area (Å²) < 4.78 is 64.2. The lowest BCUT2D eigenvalue weighted by molar-refractivity contribution is -0.162. The third-order valence-corrected chi connectivity index (χ3v) is 2.11. The molecule has 0 saturated carbocycles. The third kappa shape index (κ3) is 6.42. The number of carboxylic acid groups (broad SMARTS) is 2. The zero-order valence-electron chi connectivity index (χ0n) is 8.03. The van der Waals surface area contributed by atoms with E-state index < -0.39 is 44.9 Å². The zero-order chi connectivity index (χ0) is 14.7. The van der Waals surface area contributed by atoms with Crippen molar-refractivity contribution in [3.05, 3.63) is 0 Å². The molecule has 106 valence electrons. The minimum atomic E-state index is -5.40. The molecule has 0 radical (unpaired) electrons. The maximum absolute atomic E-state index is 10.5. The third-order valence-electron chi connectivity index (χ3n) is 1.21. The van der Waals surface area contributed by atoms with Gasteiger partial charge in [-0.2, -0.15) is 16.8 Å². The summed E-state index contributed by atoms with van der Waals surface area (Å²) in [7, 11) is -10.8. The van der Waals surface area contributed by atoms with Crippen LogP contribution in [0.5, 0.6) is 0 Å². The number of hydrogen-bond acceptors (Lipinski definition) is 8. The average molecular weight is 310 g/mol. The molecule has 14 heteroatoms. The number of aliphatic carboxylic acids is 2. The van der Waals surface area contributed by atoms with Crippen molar-refractivity contribution in [3.8, 4) is 0 Å². The van der Waals surface area contributed by atoms with Gasteiger partial charge in [0, 0.05) is 0 Å². The number of rotatable bonds is 7. The van der Waals surface area contributed by atoms with Crippen LogP contribution in [0, 0.1) is 0 Å². The average Bonchev–Trinajstić information content (AvgIpc) is 2.06. The van der Waals surface area contributed by atoms with E-state index in [2.05, 4.69) is 8.37 Å². The van der Waals surface area contributed by atoms with Crippen LogP contribution in [0.2, 0.25) is 0 Å². The maximum Gasteiger partial charge on any atom is 0.398 e. The molecule has 4 N–H and O–H groups in total. The number of hydrogen-bond donors (Lipinski definition) is 4. The Morgan fingerprint density at radius 3 is 1.11 bits per heavy atom. The van der Waals surface area contributed by atoms with E-state index in [0.29, 0.717) is 0 Å². The maximum atomic E-state index is 10.5. The summed E-state index contributed by atoms with van der Waals surface area (Å²) in [5, 5.41) is 16.9. The molecular weight excluding hydrogens is 304 g/mol. The summed E-state index contributed by atoms with van der Waals surface area (Å²) in [5.74, 6) is -4.55. The quantitative estimate of drug-likeness (QED) is 0.361. The van der Waals surface area contributed by atoms with Crippen molar-refractivity contribution >= 4 is 32.7 Å². The van der Waals surface area contributed by atoms with Crippen molar-refractivity contribution in [1.29, 1.82) is 0 Å². The van der Waals surface area contributed by atoms with E-state index in [4.69, 9.17) is 19.3 Å². The van der Waals surface area contributed by atoms with Crippen LogP contribution >= 0.6 is 0 Å². The largest absolute Gasteiger partial charge is 0.479 e. The molecule has 0 heterocycles. The second-order valence-electron chi connectivity index (χ2n) is 2.57. The van der Waals surface area contributed by atoms with Gasteiger partial charge in [-0.05, 0) is 0 Å². The highest BCUT2D eigenvalue weighted by molar-refractivity contribution is 7.81. The van der Waals surface area contributed by atoms with Gasteiger partial charge in [-0.15, -0.1) is 0 Å². The van der Waals surface area contributed by atoms with Gasteiger partial charge in [0.15, 0.2) is 0 Å². The Kier molecular flexibility index (Phi) is 5.14. The van der Waals surface area contributed by atoms with E-state index in [9.17, 15) is 26.4 Å². The van der Waals surface area contributed by atoms with Gasteiger partial charge >= 0.3 is 32.7 Å². The van der Waals surface area contributed by atoms with Crippen molar-refractivity contribution in [2.75, 3.05) is 0 Å². The lowest BCUT2D eigenvalue weighted by Gasteiger charge is -2.17. The first-order chi connectivity index (χ1) is 7.83. The Bertz CT molecular complexity index is 476. The second kappa shape index (κ2) is 5.55. The van der Waals surface area contributed by atoms with E-state index in [1.807, 2.05) is 0 Å². The van der Waals surface area contributed by atoms with E-state index in [1.165, 1.54) is 0 Å². The summed E-state index contributed by atoms with van der Waals surface area (Å²) in [6, 6.07) is 0. The van der Waals surface area contributed by atoms with Gasteiger partial charge in [0.05, 0.1) is 0 Å². The fourth-order valence-electron chi connectivity index (χ4n) is 0.704. The number of carboxylic acids is 2.